The number of carbonyl (C=O) groups is 2. The Morgan fingerprint density at radius 2 is 1.90 bits per heavy atom. The van der Waals surface area contributed by atoms with Crippen molar-refractivity contribution >= 4 is 33.3 Å². The van der Waals surface area contributed by atoms with Crippen molar-refractivity contribution in [2.24, 2.45) is 0 Å². The summed E-state index contributed by atoms with van der Waals surface area (Å²) in [5.74, 6) is -3.62. The van der Waals surface area contributed by atoms with Gasteiger partial charge in [0.15, 0.2) is 5.82 Å². The highest BCUT2D eigenvalue weighted by atomic mass is 79.9. The highest BCUT2D eigenvalue weighted by molar-refractivity contribution is 9.10. The SMILES string of the molecule is O=C1C(=O)N(Cc2cncc(Br)c2)c2c(F)cc(F)cc21. The fourth-order valence-corrected chi connectivity index (χ4v) is 2.64. The summed E-state index contributed by atoms with van der Waals surface area (Å²) < 4.78 is 27.8. The highest BCUT2D eigenvalue weighted by Crippen LogP contribution is 2.33. The smallest absolute Gasteiger partial charge is 0.297 e. The van der Waals surface area contributed by atoms with E-state index in [1.807, 2.05) is 0 Å². The van der Waals surface area contributed by atoms with Gasteiger partial charge in [0.2, 0.25) is 0 Å². The summed E-state index contributed by atoms with van der Waals surface area (Å²) in [6, 6.07) is 3.22. The third-order valence-corrected chi connectivity index (χ3v) is 3.52. The molecule has 4 nitrogen and oxygen atoms in total. The molecule has 0 spiro atoms. The third-order valence-electron chi connectivity index (χ3n) is 3.08. The minimum atomic E-state index is -0.938. The molecule has 0 fully saturated rings. The molecule has 0 bridgehead atoms. The van der Waals surface area contributed by atoms with Crippen LogP contribution >= 0.6 is 15.9 Å². The van der Waals surface area contributed by atoms with Gasteiger partial charge in [0, 0.05) is 22.9 Å². The Kier molecular flexibility index (Phi) is 3.29. The fourth-order valence-electron chi connectivity index (χ4n) is 2.23. The second-order valence-corrected chi connectivity index (χ2v) is 5.43. The van der Waals surface area contributed by atoms with Crippen LogP contribution in [-0.4, -0.2) is 16.7 Å². The number of hydrogen-bond donors (Lipinski definition) is 0. The fraction of sp³-hybridized carbons (Fsp3) is 0.0714. The summed E-state index contributed by atoms with van der Waals surface area (Å²) in [6.07, 6.45) is 3.06. The molecule has 0 N–H and O–H groups in total. The Hall–Kier alpha value is -2.15. The lowest BCUT2D eigenvalue weighted by Gasteiger charge is -2.17. The number of amides is 1. The predicted octanol–water partition coefficient (Wildman–Crippen LogP) is 2.85. The number of pyridine rings is 1. The van der Waals surface area contributed by atoms with Gasteiger partial charge in [-0.15, -0.1) is 0 Å². The Bertz CT molecular complexity index is 780. The van der Waals surface area contributed by atoms with Gasteiger partial charge in [0.25, 0.3) is 11.7 Å². The molecule has 1 aliphatic heterocycles. The molecule has 0 aliphatic carbocycles. The lowest BCUT2D eigenvalue weighted by atomic mass is 10.1. The predicted molar refractivity (Wildman–Crippen MR) is 73.8 cm³/mol. The number of nitrogens with zero attached hydrogens (tertiary/aromatic N) is 2. The van der Waals surface area contributed by atoms with Crippen molar-refractivity contribution in [3.05, 3.63) is 57.8 Å². The summed E-state index contributed by atoms with van der Waals surface area (Å²) in [7, 11) is 0. The van der Waals surface area contributed by atoms with E-state index >= 15 is 0 Å². The lowest BCUT2D eigenvalue weighted by Crippen LogP contribution is -2.29. The molecule has 0 saturated heterocycles. The number of halogens is 3. The number of fused-ring (bicyclic) bond motifs is 1. The first-order valence-corrected chi connectivity index (χ1v) is 6.71. The molecule has 1 aromatic carbocycles. The number of rotatable bonds is 2. The molecule has 1 amide bonds. The zero-order valence-electron chi connectivity index (χ0n) is 10.4. The largest absolute Gasteiger partial charge is 0.299 e. The first-order valence-electron chi connectivity index (χ1n) is 5.92. The molecular formula is C14H7BrF2N2O2. The van der Waals surface area contributed by atoms with Gasteiger partial charge in [0.1, 0.15) is 5.82 Å². The van der Waals surface area contributed by atoms with E-state index in [2.05, 4.69) is 20.9 Å². The van der Waals surface area contributed by atoms with Crippen LogP contribution in [0.5, 0.6) is 0 Å². The zero-order valence-corrected chi connectivity index (χ0v) is 12.0. The van der Waals surface area contributed by atoms with E-state index in [1.54, 1.807) is 12.3 Å². The van der Waals surface area contributed by atoms with Crippen molar-refractivity contribution in [2.75, 3.05) is 4.90 Å². The number of aromatic nitrogens is 1. The first-order chi connectivity index (χ1) is 9.97. The van der Waals surface area contributed by atoms with E-state index in [0.29, 0.717) is 16.1 Å². The van der Waals surface area contributed by atoms with Crippen LogP contribution in [0.3, 0.4) is 0 Å². The van der Waals surface area contributed by atoms with Crippen molar-refractivity contribution in [2.45, 2.75) is 6.54 Å². The summed E-state index contributed by atoms with van der Waals surface area (Å²) >= 11 is 3.24. The number of Topliss-reactive ketones (excluding diaryl/α,β-unsaturated/α-hetero) is 1. The van der Waals surface area contributed by atoms with Crippen molar-refractivity contribution in [3.8, 4) is 0 Å². The monoisotopic (exact) mass is 352 g/mol. The molecule has 21 heavy (non-hydrogen) atoms. The summed E-state index contributed by atoms with van der Waals surface area (Å²) in [6.45, 7) is -0.0213. The molecule has 106 valence electrons. The molecule has 0 unspecified atom stereocenters. The maximum Gasteiger partial charge on any atom is 0.299 e. The van der Waals surface area contributed by atoms with Crippen LogP contribution < -0.4 is 4.90 Å². The summed E-state index contributed by atoms with van der Waals surface area (Å²) in [4.78, 5) is 28.7. The average molecular weight is 353 g/mol. The van der Waals surface area contributed by atoms with E-state index in [4.69, 9.17) is 0 Å². The average Bonchev–Trinajstić information content (AvgIpc) is 2.64. The van der Waals surface area contributed by atoms with Gasteiger partial charge in [-0.05, 0) is 33.6 Å². The number of anilines is 1. The van der Waals surface area contributed by atoms with E-state index < -0.39 is 23.3 Å². The van der Waals surface area contributed by atoms with Gasteiger partial charge in [0.05, 0.1) is 17.8 Å². The normalized spacial score (nSPS) is 13.8. The molecule has 0 saturated carbocycles. The highest BCUT2D eigenvalue weighted by Gasteiger charge is 2.38. The molecule has 0 radical (unpaired) electrons. The van der Waals surface area contributed by atoms with Gasteiger partial charge in [-0.1, -0.05) is 0 Å². The standard InChI is InChI=1S/C14H7BrF2N2O2/c15-8-1-7(4-18-5-8)6-19-12-10(13(20)14(19)21)2-9(16)3-11(12)17/h1-5H,6H2. The van der Waals surface area contributed by atoms with E-state index in [1.165, 1.54) is 6.20 Å². The van der Waals surface area contributed by atoms with Gasteiger partial charge >= 0.3 is 0 Å². The Morgan fingerprint density at radius 3 is 2.62 bits per heavy atom. The maximum absolute atomic E-state index is 13.9. The van der Waals surface area contributed by atoms with Crippen molar-refractivity contribution in [1.29, 1.82) is 0 Å². The molecule has 1 aliphatic rings. The van der Waals surface area contributed by atoms with E-state index in [9.17, 15) is 18.4 Å². The number of hydrogen-bond acceptors (Lipinski definition) is 3. The molecule has 0 atom stereocenters. The summed E-state index contributed by atoms with van der Waals surface area (Å²) in [5, 5.41) is 0. The van der Waals surface area contributed by atoms with Gasteiger partial charge in [-0.3, -0.25) is 19.5 Å². The number of carbonyl (C=O) groups excluding carboxylic acids is 2. The number of benzene rings is 1. The van der Waals surface area contributed by atoms with Gasteiger partial charge in [-0.2, -0.15) is 0 Å². The number of ketones is 1. The third kappa shape index (κ3) is 2.33. The van der Waals surface area contributed by atoms with E-state index in [0.717, 1.165) is 11.0 Å². The molecule has 2 aromatic rings. The van der Waals surface area contributed by atoms with Crippen LogP contribution in [0.15, 0.2) is 35.1 Å². The molecule has 1 aromatic heterocycles. The maximum atomic E-state index is 13.9. The van der Waals surface area contributed by atoms with Crippen molar-refractivity contribution in [3.63, 3.8) is 0 Å². The van der Waals surface area contributed by atoms with Crippen LogP contribution in [0, 0.1) is 11.6 Å². The van der Waals surface area contributed by atoms with Gasteiger partial charge in [-0.25, -0.2) is 8.78 Å². The summed E-state index contributed by atoms with van der Waals surface area (Å²) in [5.41, 5.74) is 0.175. The molecular weight excluding hydrogens is 346 g/mol. The quantitative estimate of drug-likeness (QED) is 0.781. The molecule has 2 heterocycles. The van der Waals surface area contributed by atoms with Crippen molar-refractivity contribution in [1.82, 2.24) is 4.98 Å². The first kappa shape index (κ1) is 13.8. The minimum absolute atomic E-state index is 0.0213. The van der Waals surface area contributed by atoms with E-state index in [-0.39, 0.29) is 17.8 Å². The Morgan fingerprint density at radius 1 is 1.14 bits per heavy atom. The Balaban J connectivity index is 2.05. The van der Waals surface area contributed by atoms with Crippen LogP contribution in [0.4, 0.5) is 14.5 Å². The van der Waals surface area contributed by atoms with Crippen molar-refractivity contribution < 1.29 is 18.4 Å². The second-order valence-electron chi connectivity index (χ2n) is 4.52. The molecule has 7 heteroatoms. The van der Waals surface area contributed by atoms with Crippen LogP contribution in [0.25, 0.3) is 0 Å². The van der Waals surface area contributed by atoms with Crippen LogP contribution in [-0.2, 0) is 11.3 Å². The lowest BCUT2D eigenvalue weighted by molar-refractivity contribution is -0.114. The zero-order chi connectivity index (χ0) is 15.1. The second kappa shape index (κ2) is 5.00. The Labute approximate surface area is 126 Å². The van der Waals surface area contributed by atoms with Gasteiger partial charge < -0.3 is 0 Å². The minimum Gasteiger partial charge on any atom is -0.297 e. The molecule has 3 rings (SSSR count). The van der Waals surface area contributed by atoms with Crippen LogP contribution in [0.1, 0.15) is 15.9 Å². The van der Waals surface area contributed by atoms with Crippen LogP contribution in [0.2, 0.25) is 0 Å². The topological polar surface area (TPSA) is 50.3 Å².